The number of anilines is 2. The fourth-order valence-electron chi connectivity index (χ4n) is 4.45. The number of fused-ring (bicyclic) bond motifs is 1. The zero-order valence-electron chi connectivity index (χ0n) is 21.1. The number of nitrogens with zero attached hydrogens (tertiary/aromatic N) is 6. The molecule has 1 aliphatic rings. The number of rotatable bonds is 7. The van der Waals surface area contributed by atoms with Gasteiger partial charge < -0.3 is 19.5 Å². The molecule has 188 valence electrons. The Balaban J connectivity index is 1.33. The van der Waals surface area contributed by atoms with Gasteiger partial charge in [0, 0.05) is 30.1 Å². The van der Waals surface area contributed by atoms with Gasteiger partial charge >= 0.3 is 0 Å². The Morgan fingerprint density at radius 3 is 2.83 bits per heavy atom. The van der Waals surface area contributed by atoms with Crippen LogP contribution in [0.25, 0.3) is 11.0 Å². The molecule has 0 spiro atoms. The van der Waals surface area contributed by atoms with Gasteiger partial charge in [-0.25, -0.2) is 19.9 Å². The Morgan fingerprint density at radius 2 is 2.06 bits per heavy atom. The molecule has 1 amide bonds. The number of hydrogen-bond acceptors (Lipinski definition) is 8. The van der Waals surface area contributed by atoms with Gasteiger partial charge in [-0.1, -0.05) is 26.0 Å². The van der Waals surface area contributed by atoms with Gasteiger partial charge in [-0.15, -0.1) is 11.3 Å². The van der Waals surface area contributed by atoms with Crippen LogP contribution in [0.15, 0.2) is 36.5 Å². The smallest absolute Gasteiger partial charge is 0.242 e. The highest BCUT2D eigenvalue weighted by atomic mass is 32.1. The third-order valence-corrected chi connectivity index (χ3v) is 6.91. The lowest BCUT2D eigenvalue weighted by Crippen LogP contribution is -2.44. The van der Waals surface area contributed by atoms with Gasteiger partial charge in [0.2, 0.25) is 5.91 Å². The van der Waals surface area contributed by atoms with Gasteiger partial charge in [0.05, 0.1) is 29.9 Å². The molecule has 1 unspecified atom stereocenters. The van der Waals surface area contributed by atoms with E-state index in [1.807, 2.05) is 55.3 Å². The van der Waals surface area contributed by atoms with E-state index in [4.69, 9.17) is 9.72 Å². The zero-order valence-corrected chi connectivity index (χ0v) is 21.9. The molecule has 1 atom stereocenters. The molecule has 1 aromatic carbocycles. The fraction of sp³-hybridized carbons (Fsp3) is 0.423. The number of ether oxygens (including phenoxy) is 1. The van der Waals surface area contributed by atoms with Crippen LogP contribution in [0.4, 0.5) is 10.9 Å². The second-order valence-corrected chi connectivity index (χ2v) is 10.8. The molecule has 0 bridgehead atoms. The molecule has 36 heavy (non-hydrogen) atoms. The number of amides is 1. The van der Waals surface area contributed by atoms with E-state index in [9.17, 15) is 4.79 Å². The highest BCUT2D eigenvalue weighted by molar-refractivity contribution is 7.15. The maximum atomic E-state index is 13.5. The summed E-state index contributed by atoms with van der Waals surface area (Å²) >= 11 is 1.57. The van der Waals surface area contributed by atoms with Crippen molar-refractivity contribution in [2.75, 3.05) is 25.0 Å². The number of para-hydroxylation sites is 2. The molecule has 1 N–H and O–H groups in total. The summed E-state index contributed by atoms with van der Waals surface area (Å²) in [5, 5.41) is 4.04. The first-order chi connectivity index (χ1) is 17.4. The second-order valence-electron chi connectivity index (χ2n) is 9.53. The topological polar surface area (TPSA) is 98.1 Å². The van der Waals surface area contributed by atoms with Crippen molar-refractivity contribution in [1.29, 1.82) is 0 Å². The van der Waals surface area contributed by atoms with Gasteiger partial charge in [0.25, 0.3) is 0 Å². The SMILES string of the molecule is Cc1nc(Nc2ncc(C)s2)cc(C2CN(C(=O)Cn3c(CC(C)C)nc4ccccc43)CCO2)n1. The summed E-state index contributed by atoms with van der Waals surface area (Å²) in [5.74, 6) is 2.75. The van der Waals surface area contributed by atoms with Crippen LogP contribution in [-0.2, 0) is 22.5 Å². The maximum absolute atomic E-state index is 13.5. The number of thiazole rings is 1. The second kappa shape index (κ2) is 10.3. The highest BCUT2D eigenvalue weighted by Gasteiger charge is 2.28. The van der Waals surface area contributed by atoms with E-state index in [1.54, 1.807) is 11.3 Å². The van der Waals surface area contributed by atoms with E-state index < -0.39 is 0 Å². The van der Waals surface area contributed by atoms with Crippen molar-refractivity contribution >= 4 is 39.2 Å². The normalized spacial score (nSPS) is 16.1. The molecule has 0 aliphatic carbocycles. The molecule has 4 heterocycles. The van der Waals surface area contributed by atoms with Gasteiger partial charge in [-0.3, -0.25) is 4.79 Å². The van der Waals surface area contributed by atoms with Crippen LogP contribution < -0.4 is 5.32 Å². The number of hydrogen-bond donors (Lipinski definition) is 1. The van der Waals surface area contributed by atoms with Crippen LogP contribution in [0.2, 0.25) is 0 Å². The van der Waals surface area contributed by atoms with Gasteiger partial charge in [-0.05, 0) is 31.9 Å². The Hall–Kier alpha value is -3.37. The molecule has 3 aromatic heterocycles. The summed E-state index contributed by atoms with van der Waals surface area (Å²) in [7, 11) is 0. The van der Waals surface area contributed by atoms with Crippen LogP contribution in [0.3, 0.4) is 0 Å². The van der Waals surface area contributed by atoms with E-state index in [0.717, 1.165) is 39.0 Å². The first-order valence-corrected chi connectivity index (χ1v) is 13.1. The summed E-state index contributed by atoms with van der Waals surface area (Å²) in [6.07, 6.45) is 2.33. The minimum atomic E-state index is -0.322. The number of imidazole rings is 1. The van der Waals surface area contributed by atoms with E-state index in [0.29, 0.717) is 37.3 Å². The molecule has 0 radical (unpaired) electrons. The van der Waals surface area contributed by atoms with E-state index in [-0.39, 0.29) is 18.6 Å². The van der Waals surface area contributed by atoms with Crippen molar-refractivity contribution in [3.63, 3.8) is 0 Å². The highest BCUT2D eigenvalue weighted by Crippen LogP contribution is 2.26. The number of aryl methyl sites for hydroxylation is 2. The van der Waals surface area contributed by atoms with Crippen molar-refractivity contribution in [2.45, 2.75) is 46.8 Å². The quantitative estimate of drug-likeness (QED) is 0.396. The third kappa shape index (κ3) is 5.39. The summed E-state index contributed by atoms with van der Waals surface area (Å²) in [4.78, 5) is 34.7. The van der Waals surface area contributed by atoms with Crippen molar-refractivity contribution in [1.82, 2.24) is 29.4 Å². The number of carbonyl (C=O) groups is 1. The fourth-order valence-corrected chi connectivity index (χ4v) is 5.13. The maximum Gasteiger partial charge on any atom is 0.242 e. The Kier molecular flexibility index (Phi) is 6.97. The van der Waals surface area contributed by atoms with Crippen LogP contribution in [0.1, 0.15) is 42.2 Å². The number of benzene rings is 1. The minimum absolute atomic E-state index is 0.0545. The predicted molar refractivity (Wildman–Crippen MR) is 140 cm³/mol. The standard InChI is InChI=1S/C26H31N7O2S/c1-16(2)11-24-30-19-7-5-6-8-21(19)33(24)15-25(34)32-9-10-35-22(14-32)20-12-23(29-18(4)28-20)31-26-27-13-17(3)36-26/h5-8,12-13,16,22H,9-11,14-15H2,1-4H3,(H,27,28,29,31). The number of aromatic nitrogens is 5. The summed E-state index contributed by atoms with van der Waals surface area (Å²) in [6.45, 7) is 9.91. The molecule has 1 fully saturated rings. The number of morpholine rings is 1. The third-order valence-electron chi connectivity index (χ3n) is 6.08. The van der Waals surface area contributed by atoms with Crippen molar-refractivity contribution in [2.24, 2.45) is 5.92 Å². The molecule has 1 aliphatic heterocycles. The van der Waals surface area contributed by atoms with E-state index in [2.05, 4.69) is 38.7 Å². The van der Waals surface area contributed by atoms with E-state index >= 15 is 0 Å². The van der Waals surface area contributed by atoms with Gasteiger partial charge in [0.15, 0.2) is 5.13 Å². The van der Waals surface area contributed by atoms with Crippen LogP contribution in [0, 0.1) is 19.8 Å². The number of nitrogens with one attached hydrogen (secondary N) is 1. The zero-order chi connectivity index (χ0) is 25.2. The molecule has 5 rings (SSSR count). The summed E-state index contributed by atoms with van der Waals surface area (Å²) in [6, 6.07) is 9.89. The van der Waals surface area contributed by atoms with Crippen LogP contribution >= 0.6 is 11.3 Å². The first-order valence-electron chi connectivity index (χ1n) is 12.2. The largest absolute Gasteiger partial charge is 0.368 e. The Morgan fingerprint density at radius 1 is 1.22 bits per heavy atom. The molecule has 9 nitrogen and oxygen atoms in total. The van der Waals surface area contributed by atoms with Crippen molar-refractivity contribution in [3.05, 3.63) is 58.7 Å². The Labute approximate surface area is 214 Å². The van der Waals surface area contributed by atoms with Crippen molar-refractivity contribution < 1.29 is 9.53 Å². The molecule has 0 saturated carbocycles. The predicted octanol–water partition coefficient (Wildman–Crippen LogP) is 4.44. The van der Waals surface area contributed by atoms with Crippen molar-refractivity contribution in [3.8, 4) is 0 Å². The monoisotopic (exact) mass is 505 g/mol. The number of carbonyl (C=O) groups excluding carboxylic acids is 1. The van der Waals surface area contributed by atoms with Gasteiger partial charge in [-0.2, -0.15) is 0 Å². The summed E-state index contributed by atoms with van der Waals surface area (Å²) < 4.78 is 8.11. The molecular formula is C26H31N7O2S. The lowest BCUT2D eigenvalue weighted by molar-refractivity contribution is -0.139. The first kappa shape index (κ1) is 24.3. The lowest BCUT2D eigenvalue weighted by atomic mass is 10.1. The molecular weight excluding hydrogens is 474 g/mol. The van der Waals surface area contributed by atoms with Gasteiger partial charge in [0.1, 0.15) is 30.1 Å². The lowest BCUT2D eigenvalue weighted by Gasteiger charge is -2.33. The average Bonchev–Trinajstić information content (AvgIpc) is 3.41. The van der Waals surface area contributed by atoms with Crippen LogP contribution in [0.5, 0.6) is 0 Å². The minimum Gasteiger partial charge on any atom is -0.368 e. The molecule has 4 aromatic rings. The molecule has 10 heteroatoms. The molecule has 1 saturated heterocycles. The Bertz CT molecular complexity index is 1380. The summed E-state index contributed by atoms with van der Waals surface area (Å²) in [5.41, 5.74) is 2.67. The average molecular weight is 506 g/mol. The van der Waals surface area contributed by atoms with E-state index in [1.165, 1.54) is 0 Å². The van der Waals surface area contributed by atoms with Crippen LogP contribution in [-0.4, -0.2) is 55.0 Å².